The van der Waals surface area contributed by atoms with E-state index in [1.54, 1.807) is 0 Å². The Morgan fingerprint density at radius 1 is 0.765 bits per heavy atom. The Morgan fingerprint density at radius 2 is 1.18 bits per heavy atom. The molecule has 0 saturated carbocycles. The Kier molecular flexibility index (Phi) is 4.21. The Hall–Kier alpha value is -1.74. The predicted octanol–water partition coefficient (Wildman–Crippen LogP) is 3.38. The second kappa shape index (κ2) is 6.11. The van der Waals surface area contributed by atoms with E-state index in [0.717, 1.165) is 17.5 Å². The average Bonchev–Trinajstić information content (AvgIpc) is 2.40. The van der Waals surface area contributed by atoms with Gasteiger partial charge in [-0.1, -0.05) is 43.3 Å². The highest BCUT2D eigenvalue weighted by Crippen LogP contribution is 2.15. The van der Waals surface area contributed by atoms with Crippen LogP contribution in [0.2, 0.25) is 6.04 Å². The van der Waals surface area contributed by atoms with Crippen molar-refractivity contribution in [2.24, 2.45) is 0 Å². The highest BCUT2D eigenvalue weighted by molar-refractivity contribution is 6.46. The Bertz CT molecular complexity index is 389. The fraction of sp³-hybridized carbons (Fsp3) is 0.143. The first-order valence-corrected chi connectivity index (χ1v) is 7.58. The van der Waals surface area contributed by atoms with Crippen molar-refractivity contribution in [3.8, 4) is 11.5 Å². The van der Waals surface area contributed by atoms with Gasteiger partial charge in [0.1, 0.15) is 11.5 Å². The second-order valence-corrected chi connectivity index (χ2v) is 5.85. The van der Waals surface area contributed by atoms with E-state index in [4.69, 9.17) is 8.85 Å². The van der Waals surface area contributed by atoms with Gasteiger partial charge < -0.3 is 8.85 Å². The zero-order valence-corrected chi connectivity index (χ0v) is 11.0. The molecule has 0 heterocycles. The van der Waals surface area contributed by atoms with Crippen LogP contribution in [0.15, 0.2) is 60.7 Å². The molecular weight excluding hydrogens is 228 g/mol. The molecule has 0 unspecified atom stereocenters. The van der Waals surface area contributed by atoms with Gasteiger partial charge in [0, 0.05) is 6.04 Å². The van der Waals surface area contributed by atoms with Gasteiger partial charge in [0.15, 0.2) is 0 Å². The SMILES string of the molecule is CC[SiH](Oc1ccccc1)Oc1ccccc1. The van der Waals surface area contributed by atoms with Crippen LogP contribution in [0.25, 0.3) is 0 Å². The third kappa shape index (κ3) is 3.64. The predicted molar refractivity (Wildman–Crippen MR) is 71.8 cm³/mol. The molecule has 0 atom stereocenters. The van der Waals surface area contributed by atoms with E-state index < -0.39 is 9.28 Å². The maximum atomic E-state index is 5.88. The summed E-state index contributed by atoms with van der Waals surface area (Å²) in [4.78, 5) is 0. The smallest absolute Gasteiger partial charge is 0.443 e. The van der Waals surface area contributed by atoms with Gasteiger partial charge in [-0.15, -0.1) is 0 Å². The first kappa shape index (κ1) is 11.7. The number of rotatable bonds is 5. The maximum absolute atomic E-state index is 5.88. The zero-order valence-electron chi connectivity index (χ0n) is 9.87. The van der Waals surface area contributed by atoms with Gasteiger partial charge >= 0.3 is 9.28 Å². The normalized spacial score (nSPS) is 10.2. The molecule has 2 rings (SSSR count). The van der Waals surface area contributed by atoms with Gasteiger partial charge in [0.25, 0.3) is 0 Å². The summed E-state index contributed by atoms with van der Waals surface area (Å²) in [6.45, 7) is 2.10. The monoisotopic (exact) mass is 244 g/mol. The summed E-state index contributed by atoms with van der Waals surface area (Å²) in [6, 6.07) is 20.6. The van der Waals surface area contributed by atoms with Crippen LogP contribution in [0, 0.1) is 0 Å². The molecule has 0 aliphatic carbocycles. The van der Waals surface area contributed by atoms with E-state index in [1.807, 2.05) is 60.7 Å². The average molecular weight is 244 g/mol. The molecule has 0 aliphatic heterocycles. The first-order valence-electron chi connectivity index (χ1n) is 5.82. The Morgan fingerprint density at radius 3 is 1.53 bits per heavy atom. The largest absolute Gasteiger partial charge is 0.514 e. The van der Waals surface area contributed by atoms with Crippen LogP contribution >= 0.6 is 0 Å². The van der Waals surface area contributed by atoms with Crippen molar-refractivity contribution in [3.05, 3.63) is 60.7 Å². The summed E-state index contributed by atoms with van der Waals surface area (Å²) in [7, 11) is -1.67. The van der Waals surface area contributed by atoms with Gasteiger partial charge in [-0.3, -0.25) is 0 Å². The van der Waals surface area contributed by atoms with Crippen LogP contribution in [0.5, 0.6) is 11.5 Å². The summed E-state index contributed by atoms with van der Waals surface area (Å²) in [5, 5.41) is 0. The highest BCUT2D eigenvalue weighted by Gasteiger charge is 2.14. The lowest BCUT2D eigenvalue weighted by molar-refractivity contribution is 0.423. The molecule has 3 heteroatoms. The van der Waals surface area contributed by atoms with Crippen LogP contribution in [0.3, 0.4) is 0 Å². The van der Waals surface area contributed by atoms with E-state index in [9.17, 15) is 0 Å². The van der Waals surface area contributed by atoms with E-state index >= 15 is 0 Å². The van der Waals surface area contributed by atoms with Crippen LogP contribution in [-0.2, 0) is 0 Å². The van der Waals surface area contributed by atoms with Crippen molar-refractivity contribution >= 4 is 9.28 Å². The summed E-state index contributed by atoms with van der Waals surface area (Å²) in [5.41, 5.74) is 0. The number of hydrogen-bond donors (Lipinski definition) is 0. The fourth-order valence-corrected chi connectivity index (χ4v) is 2.80. The highest BCUT2D eigenvalue weighted by atomic mass is 28.3. The number of benzene rings is 2. The molecule has 17 heavy (non-hydrogen) atoms. The molecule has 2 aromatic rings. The van der Waals surface area contributed by atoms with E-state index in [2.05, 4.69) is 6.92 Å². The lowest BCUT2D eigenvalue weighted by Crippen LogP contribution is -2.28. The molecule has 0 spiro atoms. The molecule has 0 fully saturated rings. The van der Waals surface area contributed by atoms with Crippen LogP contribution in [-0.4, -0.2) is 9.28 Å². The molecule has 0 bridgehead atoms. The fourth-order valence-electron chi connectivity index (χ4n) is 1.49. The summed E-state index contributed by atoms with van der Waals surface area (Å²) in [6.07, 6.45) is 0. The minimum absolute atomic E-state index is 0.891. The van der Waals surface area contributed by atoms with E-state index in [0.29, 0.717) is 0 Å². The molecule has 2 nitrogen and oxygen atoms in total. The second-order valence-electron chi connectivity index (χ2n) is 3.70. The Balaban J connectivity index is 1.98. The van der Waals surface area contributed by atoms with Gasteiger partial charge in [0.05, 0.1) is 0 Å². The molecule has 0 N–H and O–H groups in total. The quantitative estimate of drug-likeness (QED) is 0.751. The third-order valence-electron chi connectivity index (χ3n) is 2.35. The molecule has 0 amide bonds. The van der Waals surface area contributed by atoms with Gasteiger partial charge in [-0.2, -0.15) is 0 Å². The minimum atomic E-state index is -1.67. The van der Waals surface area contributed by atoms with Crippen LogP contribution < -0.4 is 8.85 Å². The lowest BCUT2D eigenvalue weighted by atomic mass is 10.3. The van der Waals surface area contributed by atoms with Crippen LogP contribution in [0.1, 0.15) is 6.92 Å². The lowest BCUT2D eigenvalue weighted by Gasteiger charge is -2.17. The summed E-state index contributed by atoms with van der Waals surface area (Å²) in [5.74, 6) is 1.78. The van der Waals surface area contributed by atoms with Crippen molar-refractivity contribution in [1.82, 2.24) is 0 Å². The van der Waals surface area contributed by atoms with Crippen LogP contribution in [0.4, 0.5) is 0 Å². The molecule has 0 aromatic heterocycles. The van der Waals surface area contributed by atoms with Gasteiger partial charge in [-0.05, 0) is 24.3 Å². The summed E-state index contributed by atoms with van der Waals surface area (Å²) < 4.78 is 11.8. The molecule has 0 aliphatic rings. The minimum Gasteiger partial charge on any atom is -0.514 e. The first-order chi connectivity index (χ1) is 8.38. The van der Waals surface area contributed by atoms with Gasteiger partial charge in [0.2, 0.25) is 0 Å². The van der Waals surface area contributed by atoms with Crippen molar-refractivity contribution in [1.29, 1.82) is 0 Å². The van der Waals surface area contributed by atoms with Crippen molar-refractivity contribution in [2.45, 2.75) is 13.0 Å². The van der Waals surface area contributed by atoms with Crippen molar-refractivity contribution in [2.75, 3.05) is 0 Å². The third-order valence-corrected chi connectivity index (χ3v) is 4.09. The molecule has 2 aromatic carbocycles. The topological polar surface area (TPSA) is 18.5 Å². The summed E-state index contributed by atoms with van der Waals surface area (Å²) >= 11 is 0. The molecular formula is C14H16O2Si. The van der Waals surface area contributed by atoms with Crippen molar-refractivity contribution in [3.63, 3.8) is 0 Å². The van der Waals surface area contributed by atoms with E-state index in [-0.39, 0.29) is 0 Å². The molecule has 0 saturated heterocycles. The Labute approximate surface area is 104 Å². The maximum Gasteiger partial charge on any atom is 0.443 e. The zero-order chi connectivity index (χ0) is 11.9. The number of para-hydroxylation sites is 2. The standard InChI is InChI=1S/C14H16O2Si/c1-2-17(15-13-9-5-3-6-10-13)16-14-11-7-4-8-12-14/h3-12,17H,2H2,1H3. The van der Waals surface area contributed by atoms with Gasteiger partial charge in [-0.25, -0.2) is 0 Å². The van der Waals surface area contributed by atoms with Crippen molar-refractivity contribution < 1.29 is 8.85 Å². The number of hydrogen-bond acceptors (Lipinski definition) is 2. The molecule has 88 valence electrons. The van der Waals surface area contributed by atoms with E-state index in [1.165, 1.54) is 0 Å². The molecule has 0 radical (unpaired) electrons.